The smallest absolute Gasteiger partial charge is 0.537 e. The van der Waals surface area contributed by atoms with Gasteiger partial charge in [0.25, 0.3) is 0 Å². The Morgan fingerprint density at radius 3 is 1.12 bits per heavy atom. The maximum absolute atomic E-state index is 12.8. The van der Waals surface area contributed by atoms with Crippen molar-refractivity contribution in [2.24, 2.45) is 0 Å². The molecule has 138 heavy (non-hydrogen) atoms. The zero-order valence-corrected chi connectivity index (χ0v) is 83.0. The third kappa shape index (κ3) is 21.8. The molecule has 5 heterocycles. The number of carboxylic acid groups (broad SMARTS) is 1. The van der Waals surface area contributed by atoms with Crippen LogP contribution in [0.2, 0.25) is 0 Å². The van der Waals surface area contributed by atoms with Gasteiger partial charge in [0.15, 0.2) is 11.6 Å². The Morgan fingerprint density at radius 2 is 0.659 bits per heavy atom. The third-order valence-corrected chi connectivity index (χ3v) is 26.7. The number of hydrogen-bond donors (Lipinski definition) is 2. The maximum atomic E-state index is 12.8. The SMILES string of the molecule is C.C.C.C.C.C.C.CC(C)(C)c1ccc(Br)cc1.COC(=O)c1cc(Br)ccc1-c1cccc2oc3ccccc3c12.COC(=O)c1cc(Br)ccc1I.O=C(O)c1cc(Br)ccc1-c1cccc2oc3ccccc3c12.O=C1c2cc(Br)ccc2-c2c1cc(Br)c1oc3ccccc3c21.O=C1c2cc(Br)ccc2-c2c1ccc1oc3ccccc3c21.O[B]Oc1cccc2oc3ccccc3c12. The molecule has 2 aliphatic carbocycles. The van der Waals surface area contributed by atoms with Gasteiger partial charge >= 0.3 is 25.6 Å². The van der Waals surface area contributed by atoms with Crippen LogP contribution in [0.1, 0.15) is 141 Å². The second kappa shape index (κ2) is 46.3. The number of esters is 2. The van der Waals surface area contributed by atoms with Gasteiger partial charge in [0.1, 0.15) is 61.6 Å². The largest absolute Gasteiger partial charge is 0.569 e. The number of ether oxygens (including phenoxy) is 2. The van der Waals surface area contributed by atoms with Crippen molar-refractivity contribution in [3.05, 3.63) is 389 Å². The van der Waals surface area contributed by atoms with E-state index in [4.69, 9.17) is 36.5 Å². The first kappa shape index (κ1) is 108. The maximum Gasteiger partial charge on any atom is 0.569 e. The topological polar surface area (TPSA) is 219 Å². The first-order valence-electron chi connectivity index (χ1n) is 40.6. The van der Waals surface area contributed by atoms with E-state index < -0.39 is 5.97 Å². The molecule has 0 aliphatic heterocycles. The number of methoxy groups -OCH3 is 2. The third-order valence-electron chi connectivity index (χ3n) is 22.2. The number of fused-ring (bicyclic) bond motifs is 23. The van der Waals surface area contributed by atoms with Crippen molar-refractivity contribution in [1.82, 2.24) is 0 Å². The van der Waals surface area contributed by atoms with Gasteiger partial charge in [0.2, 0.25) is 0 Å². The molecule has 0 spiro atoms. The molecule has 2 N–H and O–H groups in total. The lowest BCUT2D eigenvalue weighted by Gasteiger charge is -2.18. The van der Waals surface area contributed by atoms with Crippen LogP contribution >= 0.6 is 134 Å². The molecule has 15 nitrogen and oxygen atoms in total. The molecular formula is C114H96BBr7IO15. The van der Waals surface area contributed by atoms with E-state index in [0.717, 1.165) is 206 Å². The van der Waals surface area contributed by atoms with Gasteiger partial charge in [-0.25, -0.2) is 14.4 Å². The molecule has 0 bridgehead atoms. The van der Waals surface area contributed by atoms with Crippen molar-refractivity contribution in [2.75, 3.05) is 14.2 Å². The molecule has 1 radical (unpaired) electrons. The van der Waals surface area contributed by atoms with Crippen molar-refractivity contribution in [3.63, 3.8) is 0 Å². The number of aromatic carboxylic acids is 1. The highest BCUT2D eigenvalue weighted by Crippen LogP contribution is 2.50. The summed E-state index contributed by atoms with van der Waals surface area (Å²) in [5.41, 5.74) is 21.2. The monoisotopic (exact) mass is 2400 g/mol. The number of carboxylic acids is 1. The molecule has 21 aromatic rings. The molecule has 24 heteroatoms. The molecular weight excluding hydrogens is 2310 g/mol. The van der Waals surface area contributed by atoms with Gasteiger partial charge in [-0.15, -0.1) is 0 Å². The molecule has 0 saturated heterocycles. The number of ketones is 2. The highest BCUT2D eigenvalue weighted by atomic mass is 127. The first-order valence-corrected chi connectivity index (χ1v) is 47.2. The standard InChI is InChI=1S/C20H13BrO3.C19H8Br2O2.C19H11BrO3.C19H9BrO2.C12H8BO3.C10H13Br.C8H6BrIO2.7CH4/c1-23-20(22)16-11-12(21)9-10-13(16)14-6-4-8-18-19(14)15-5-2-3-7-17(15)24-18;20-9-5-6-10-12(7-9)18(22)13-8-14(21)19-17(16(10)13)11-3-1-2-4-15(11)23-19;20-11-8-9-12(15(10-11)19(21)22)13-5-3-7-17-18(13)14-4-1-2-6-16(14)23-17;20-10-5-6-11-14(9-10)19(21)13-7-8-16-18(17(11)13)12-3-1-2-4-15(12)22-16;14-13-16-11-7-3-6-10-12(11)8-4-1-2-5-9(8)15-10;1-10(2,3)8-4-6-9(11)7-5-8;1-12-8(11)6-4-5(9)2-3-7(6)10;;;;;;;/h2-11H,1H3;1-8H;1-10H,(H,21,22);1-9H;1-7,14H;4-7H,1-3H3;2-4H,1H3;7*1H4. The molecule has 2 aliphatic rings. The Hall–Kier alpha value is -11.8. The fraction of sp³-hybridized carbons (Fsp3) is 0.114. The summed E-state index contributed by atoms with van der Waals surface area (Å²) in [5.74, 6) is -0.893. The Labute approximate surface area is 874 Å². The van der Waals surface area contributed by atoms with Crippen molar-refractivity contribution in [3.8, 4) is 50.3 Å². The molecule has 0 amide bonds. The normalized spacial score (nSPS) is 11.0. The van der Waals surface area contributed by atoms with Gasteiger partial charge in [0, 0.05) is 112 Å². The highest BCUT2D eigenvalue weighted by molar-refractivity contribution is 14.1. The van der Waals surface area contributed by atoms with Crippen LogP contribution in [0.25, 0.3) is 154 Å². The number of rotatable bonds is 7. The fourth-order valence-corrected chi connectivity index (χ4v) is 19.4. The molecule has 23 rings (SSSR count). The van der Waals surface area contributed by atoms with Gasteiger partial charge < -0.3 is 46.3 Å². The Kier molecular flexibility index (Phi) is 36.3. The second-order valence-corrected chi connectivity index (χ2v) is 38.6. The summed E-state index contributed by atoms with van der Waals surface area (Å²) in [6, 6.07) is 98.6. The molecule has 0 unspecified atom stereocenters. The summed E-state index contributed by atoms with van der Waals surface area (Å²) in [5, 5.41) is 28.2. The van der Waals surface area contributed by atoms with Crippen molar-refractivity contribution < 1.29 is 70.3 Å². The van der Waals surface area contributed by atoms with Crippen molar-refractivity contribution >= 4 is 281 Å². The summed E-state index contributed by atoms with van der Waals surface area (Å²) in [6.45, 7) is 6.66. The predicted molar refractivity (Wildman–Crippen MR) is 601 cm³/mol. The lowest BCUT2D eigenvalue weighted by atomic mass is 9.87. The van der Waals surface area contributed by atoms with Crippen molar-refractivity contribution in [2.45, 2.75) is 78.2 Å². The average molecular weight is 2400 g/mol. The second-order valence-electron chi connectivity index (χ2n) is 31.1. The van der Waals surface area contributed by atoms with Gasteiger partial charge in [-0.3, -0.25) is 9.59 Å². The zero-order chi connectivity index (χ0) is 91.8. The van der Waals surface area contributed by atoms with Gasteiger partial charge in [-0.05, 0) is 235 Å². The summed E-state index contributed by atoms with van der Waals surface area (Å²) in [7, 11) is 3.44. The summed E-state index contributed by atoms with van der Waals surface area (Å²) >= 11 is 26.0. The van der Waals surface area contributed by atoms with E-state index in [2.05, 4.69) is 184 Å². The molecule has 0 atom stereocenters. The van der Waals surface area contributed by atoms with Crippen molar-refractivity contribution in [1.29, 1.82) is 0 Å². The van der Waals surface area contributed by atoms with Crippen LogP contribution < -0.4 is 4.65 Å². The first-order chi connectivity index (χ1) is 63.3. The van der Waals surface area contributed by atoms with Crippen LogP contribution in [-0.4, -0.2) is 61.5 Å². The highest BCUT2D eigenvalue weighted by Gasteiger charge is 2.34. The Balaban J connectivity index is 0.000000167. The number of benzene rings is 16. The lowest BCUT2D eigenvalue weighted by Crippen LogP contribution is -2.10. The number of para-hydroxylation sites is 5. The van der Waals surface area contributed by atoms with Gasteiger partial charge in [-0.2, -0.15) is 0 Å². The van der Waals surface area contributed by atoms with Crippen LogP contribution in [0.5, 0.6) is 5.75 Å². The van der Waals surface area contributed by atoms with Gasteiger partial charge in [0.05, 0.1) is 40.8 Å². The predicted octanol–water partition coefficient (Wildman–Crippen LogP) is 36.9. The molecule has 5 aromatic heterocycles. The quantitative estimate of drug-likeness (QED) is 0.0861. The minimum Gasteiger partial charge on any atom is -0.537 e. The summed E-state index contributed by atoms with van der Waals surface area (Å²) < 4.78 is 51.2. The molecule has 16 aromatic carbocycles. The minimum absolute atomic E-state index is 0. The van der Waals surface area contributed by atoms with Crippen LogP contribution in [0.4, 0.5) is 0 Å². The zero-order valence-electron chi connectivity index (χ0n) is 69.7. The van der Waals surface area contributed by atoms with E-state index >= 15 is 0 Å². The number of hydrogen-bond acceptors (Lipinski definition) is 14. The number of carbonyl (C=O) groups excluding carboxylic acids is 4. The van der Waals surface area contributed by atoms with E-state index in [-0.39, 0.29) is 86.5 Å². The van der Waals surface area contributed by atoms with Crippen LogP contribution in [0.3, 0.4) is 0 Å². The molecule has 701 valence electrons. The van der Waals surface area contributed by atoms with E-state index in [1.807, 2.05) is 261 Å². The minimum atomic E-state index is -0.953. The summed E-state index contributed by atoms with van der Waals surface area (Å²) in [6.07, 6.45) is 0. The van der Waals surface area contributed by atoms with Crippen LogP contribution in [-0.2, 0) is 14.9 Å². The molecule has 0 fully saturated rings. The lowest BCUT2D eigenvalue weighted by molar-refractivity contribution is 0.0591. The number of halogens is 8. The average Bonchev–Trinajstić information content (AvgIpc) is 1.56. The Morgan fingerprint density at radius 1 is 0.319 bits per heavy atom. The Bertz CT molecular complexity index is 8140. The fourth-order valence-electron chi connectivity index (χ4n) is 16.3. The number of carbonyl (C=O) groups is 5. The summed E-state index contributed by atoms with van der Waals surface area (Å²) in [4.78, 5) is 60.5. The van der Waals surface area contributed by atoms with Gasteiger partial charge in [-0.1, -0.05) is 326 Å². The van der Waals surface area contributed by atoms with E-state index in [1.165, 1.54) is 19.8 Å². The van der Waals surface area contributed by atoms with E-state index in [0.29, 0.717) is 30.1 Å². The number of furan rings is 5. The molecule has 0 saturated carbocycles. The van der Waals surface area contributed by atoms with Crippen LogP contribution in [0.15, 0.2) is 363 Å². The van der Waals surface area contributed by atoms with Crippen LogP contribution in [0, 0.1) is 3.57 Å². The van der Waals surface area contributed by atoms with E-state index in [1.54, 1.807) is 24.3 Å². The van der Waals surface area contributed by atoms with E-state index in [9.17, 15) is 29.1 Å².